The van der Waals surface area contributed by atoms with Crippen LogP contribution in [-0.2, 0) is 4.74 Å². The Balaban J connectivity index is 0.000000128. The molecule has 0 amide bonds. The average Bonchev–Trinajstić information content (AvgIpc) is 2.89. The molecule has 0 N–H and O–H groups in total. The fourth-order valence-electron chi connectivity index (χ4n) is 2.43. The van der Waals surface area contributed by atoms with Gasteiger partial charge in [0.25, 0.3) is 0 Å². The van der Waals surface area contributed by atoms with Gasteiger partial charge in [-0.25, -0.2) is 0 Å². The zero-order chi connectivity index (χ0) is 13.0. The third-order valence-electron chi connectivity index (χ3n) is 4.67. The van der Waals surface area contributed by atoms with E-state index < -0.39 is 0 Å². The zero-order valence-electron chi connectivity index (χ0n) is 12.7. The van der Waals surface area contributed by atoms with Crippen LogP contribution in [-0.4, -0.2) is 12.2 Å². The lowest BCUT2D eigenvalue weighted by molar-refractivity contribution is 0.219. The standard InChI is InChI=1S/2C6H12.C4H8O/c1-5-3-6(2)4-5;1-5-3-4-6(5)2;1-3-4(2)5-3/h2*5-6H,3-4H2,1-2H3;3-4H,1-2H3. The van der Waals surface area contributed by atoms with E-state index in [9.17, 15) is 0 Å². The molecule has 17 heavy (non-hydrogen) atoms. The first-order valence-corrected chi connectivity index (χ1v) is 7.55. The van der Waals surface area contributed by atoms with Crippen molar-refractivity contribution in [3.63, 3.8) is 0 Å². The fourth-order valence-corrected chi connectivity index (χ4v) is 2.43. The molecule has 102 valence electrons. The van der Waals surface area contributed by atoms with Crippen molar-refractivity contribution in [3.05, 3.63) is 0 Å². The summed E-state index contributed by atoms with van der Waals surface area (Å²) in [5.74, 6) is 4.15. The van der Waals surface area contributed by atoms with E-state index in [1.165, 1.54) is 25.7 Å². The monoisotopic (exact) mass is 240 g/mol. The van der Waals surface area contributed by atoms with Crippen LogP contribution in [0.1, 0.15) is 67.2 Å². The predicted molar refractivity (Wildman–Crippen MR) is 75.1 cm³/mol. The highest BCUT2D eigenvalue weighted by Crippen LogP contribution is 2.32. The Morgan fingerprint density at radius 1 is 0.647 bits per heavy atom. The molecule has 2 aliphatic carbocycles. The third-order valence-corrected chi connectivity index (χ3v) is 4.67. The summed E-state index contributed by atoms with van der Waals surface area (Å²) in [5.41, 5.74) is 0. The minimum Gasteiger partial charge on any atom is -0.370 e. The molecular weight excluding hydrogens is 208 g/mol. The summed E-state index contributed by atoms with van der Waals surface area (Å²) >= 11 is 0. The van der Waals surface area contributed by atoms with Crippen LogP contribution < -0.4 is 0 Å². The maximum Gasteiger partial charge on any atom is 0.0811 e. The average molecular weight is 240 g/mol. The number of hydrogen-bond acceptors (Lipinski definition) is 1. The van der Waals surface area contributed by atoms with Crippen LogP contribution in [0.15, 0.2) is 0 Å². The van der Waals surface area contributed by atoms with Crippen molar-refractivity contribution in [2.24, 2.45) is 23.7 Å². The number of hydrogen-bond donors (Lipinski definition) is 0. The SMILES string of the molecule is CC1CC(C)C1.CC1CCC1C.CC1OC1C. The molecule has 3 aliphatic rings. The minimum absolute atomic E-state index is 0.551. The minimum atomic E-state index is 0.551. The molecule has 0 aromatic rings. The molecule has 0 spiro atoms. The Morgan fingerprint density at radius 2 is 0.941 bits per heavy atom. The lowest BCUT2D eigenvalue weighted by Gasteiger charge is -2.29. The highest BCUT2D eigenvalue weighted by molar-refractivity contribution is 4.73. The molecular formula is C16H32O. The van der Waals surface area contributed by atoms with E-state index in [4.69, 9.17) is 4.74 Å². The van der Waals surface area contributed by atoms with Crippen molar-refractivity contribution in [3.8, 4) is 0 Å². The summed E-state index contributed by atoms with van der Waals surface area (Å²) in [6.45, 7) is 13.4. The second-order valence-corrected chi connectivity index (χ2v) is 6.76. The van der Waals surface area contributed by atoms with E-state index in [0.29, 0.717) is 12.2 Å². The molecule has 4 atom stereocenters. The highest BCUT2D eigenvalue weighted by atomic mass is 16.6. The van der Waals surface area contributed by atoms with E-state index in [1.54, 1.807) is 0 Å². The summed E-state index contributed by atoms with van der Waals surface area (Å²) in [6.07, 6.45) is 6.99. The fraction of sp³-hybridized carbons (Fsp3) is 1.00. The van der Waals surface area contributed by atoms with Crippen molar-refractivity contribution < 1.29 is 4.74 Å². The van der Waals surface area contributed by atoms with Gasteiger partial charge in [0, 0.05) is 0 Å². The van der Waals surface area contributed by atoms with Crippen molar-refractivity contribution in [2.45, 2.75) is 79.4 Å². The molecule has 0 bridgehead atoms. The molecule has 2 saturated carbocycles. The van der Waals surface area contributed by atoms with Gasteiger partial charge in [-0.1, -0.05) is 40.5 Å². The predicted octanol–water partition coefficient (Wildman–Crippen LogP) is 4.90. The lowest BCUT2D eigenvalue weighted by Crippen LogP contribution is -2.18. The Morgan fingerprint density at radius 3 is 0.941 bits per heavy atom. The van der Waals surface area contributed by atoms with E-state index in [-0.39, 0.29) is 0 Å². The summed E-state index contributed by atoms with van der Waals surface area (Å²) in [4.78, 5) is 0. The van der Waals surface area contributed by atoms with E-state index in [2.05, 4.69) is 41.5 Å². The van der Waals surface area contributed by atoms with Crippen LogP contribution in [0, 0.1) is 23.7 Å². The van der Waals surface area contributed by atoms with Gasteiger partial charge in [0.2, 0.25) is 0 Å². The first-order valence-electron chi connectivity index (χ1n) is 7.55. The first-order chi connectivity index (χ1) is 7.90. The molecule has 0 aromatic carbocycles. The first kappa shape index (κ1) is 15.0. The van der Waals surface area contributed by atoms with Gasteiger partial charge in [0.05, 0.1) is 12.2 Å². The second-order valence-electron chi connectivity index (χ2n) is 6.76. The summed E-state index contributed by atoms with van der Waals surface area (Å²) in [6, 6.07) is 0. The Labute approximate surface area is 108 Å². The quantitative estimate of drug-likeness (QED) is 0.549. The molecule has 1 heteroatoms. The van der Waals surface area contributed by atoms with Gasteiger partial charge in [0.15, 0.2) is 0 Å². The largest absolute Gasteiger partial charge is 0.370 e. The number of epoxide rings is 1. The second kappa shape index (κ2) is 6.78. The molecule has 1 saturated heterocycles. The highest BCUT2D eigenvalue weighted by Gasteiger charge is 2.27. The van der Waals surface area contributed by atoms with Crippen molar-refractivity contribution >= 4 is 0 Å². The van der Waals surface area contributed by atoms with Gasteiger partial charge in [-0.05, 0) is 50.4 Å². The maximum atomic E-state index is 4.92. The van der Waals surface area contributed by atoms with Crippen LogP contribution in [0.5, 0.6) is 0 Å². The number of ether oxygens (including phenoxy) is 1. The molecule has 1 aliphatic heterocycles. The van der Waals surface area contributed by atoms with Gasteiger partial charge in [-0.15, -0.1) is 0 Å². The smallest absolute Gasteiger partial charge is 0.0811 e. The summed E-state index contributed by atoms with van der Waals surface area (Å²) < 4.78 is 4.92. The Bertz CT molecular complexity index is 188. The molecule has 0 aromatic heterocycles. The van der Waals surface area contributed by atoms with Gasteiger partial charge in [-0.3, -0.25) is 0 Å². The topological polar surface area (TPSA) is 12.5 Å². The normalized spacial score (nSPS) is 46.2. The van der Waals surface area contributed by atoms with Gasteiger partial charge in [-0.2, -0.15) is 0 Å². The van der Waals surface area contributed by atoms with Crippen molar-refractivity contribution in [1.82, 2.24) is 0 Å². The maximum absolute atomic E-state index is 4.92. The van der Waals surface area contributed by atoms with E-state index in [0.717, 1.165) is 23.7 Å². The van der Waals surface area contributed by atoms with Gasteiger partial charge >= 0.3 is 0 Å². The molecule has 4 unspecified atom stereocenters. The number of rotatable bonds is 0. The Hall–Kier alpha value is -0.0400. The van der Waals surface area contributed by atoms with E-state index >= 15 is 0 Å². The molecule has 1 nitrogen and oxygen atoms in total. The zero-order valence-corrected chi connectivity index (χ0v) is 12.7. The van der Waals surface area contributed by atoms with Crippen LogP contribution >= 0.6 is 0 Å². The molecule has 0 radical (unpaired) electrons. The van der Waals surface area contributed by atoms with Crippen LogP contribution in [0.25, 0.3) is 0 Å². The van der Waals surface area contributed by atoms with Crippen LogP contribution in [0.4, 0.5) is 0 Å². The third kappa shape index (κ3) is 5.90. The van der Waals surface area contributed by atoms with Gasteiger partial charge < -0.3 is 4.74 Å². The van der Waals surface area contributed by atoms with E-state index in [1.807, 2.05) is 0 Å². The molecule has 3 rings (SSSR count). The summed E-state index contributed by atoms with van der Waals surface area (Å²) in [7, 11) is 0. The Kier molecular flexibility index (Phi) is 5.99. The van der Waals surface area contributed by atoms with Crippen molar-refractivity contribution in [2.75, 3.05) is 0 Å². The lowest BCUT2D eigenvalue weighted by atomic mass is 9.77. The molecule has 3 fully saturated rings. The van der Waals surface area contributed by atoms with Crippen molar-refractivity contribution in [1.29, 1.82) is 0 Å². The van der Waals surface area contributed by atoms with Gasteiger partial charge in [0.1, 0.15) is 0 Å². The molecule has 1 heterocycles. The summed E-state index contributed by atoms with van der Waals surface area (Å²) in [5, 5.41) is 0. The van der Waals surface area contributed by atoms with Crippen LogP contribution in [0.3, 0.4) is 0 Å². The van der Waals surface area contributed by atoms with Crippen LogP contribution in [0.2, 0.25) is 0 Å².